The molecule has 5 nitrogen and oxygen atoms in total. The minimum Gasteiger partial charge on any atom is -0.496 e. The van der Waals surface area contributed by atoms with Gasteiger partial charge < -0.3 is 15.4 Å². The molecule has 0 aromatic heterocycles. The van der Waals surface area contributed by atoms with Crippen molar-refractivity contribution in [3.05, 3.63) is 29.8 Å². The van der Waals surface area contributed by atoms with Crippen molar-refractivity contribution < 1.29 is 9.53 Å². The molecule has 1 atom stereocenters. The van der Waals surface area contributed by atoms with Crippen LogP contribution in [-0.4, -0.2) is 50.1 Å². The van der Waals surface area contributed by atoms with E-state index >= 15 is 0 Å². The molecule has 146 valence electrons. The van der Waals surface area contributed by atoms with E-state index in [2.05, 4.69) is 28.5 Å². The molecule has 6 heteroatoms. The Labute approximate surface area is 163 Å². The Balaban J connectivity index is 0.00000243. The second-order valence-electron chi connectivity index (χ2n) is 7.46. The first-order chi connectivity index (χ1) is 12.2. The van der Waals surface area contributed by atoms with E-state index in [1.54, 1.807) is 7.11 Å². The Bertz CT molecular complexity index is 576. The van der Waals surface area contributed by atoms with Crippen molar-refractivity contribution in [3.8, 4) is 5.75 Å². The van der Waals surface area contributed by atoms with Crippen LogP contribution in [0.3, 0.4) is 0 Å². The highest BCUT2D eigenvalue weighted by Gasteiger charge is 2.28. The number of nitrogens with one attached hydrogen (secondary N) is 2. The zero-order valence-corrected chi connectivity index (χ0v) is 16.7. The maximum Gasteiger partial charge on any atom is 0.234 e. The van der Waals surface area contributed by atoms with E-state index < -0.39 is 0 Å². The zero-order valence-electron chi connectivity index (χ0n) is 15.9. The molecule has 0 spiro atoms. The first-order valence-electron chi connectivity index (χ1n) is 9.54. The second-order valence-corrected chi connectivity index (χ2v) is 7.46. The SMILES string of the molecule is COc1ccccc1C1CNCCN1CC(=O)NC1CCC(C)CC1.Cl. The minimum absolute atomic E-state index is 0. The van der Waals surface area contributed by atoms with Gasteiger partial charge in [0.25, 0.3) is 0 Å². The van der Waals surface area contributed by atoms with Crippen molar-refractivity contribution >= 4 is 18.3 Å². The van der Waals surface area contributed by atoms with Gasteiger partial charge in [0, 0.05) is 31.2 Å². The molecular formula is C20H32ClN3O2. The van der Waals surface area contributed by atoms with Crippen molar-refractivity contribution in [2.24, 2.45) is 5.92 Å². The smallest absolute Gasteiger partial charge is 0.234 e. The molecule has 3 rings (SSSR count). The summed E-state index contributed by atoms with van der Waals surface area (Å²) in [6.07, 6.45) is 4.68. The van der Waals surface area contributed by atoms with E-state index in [0.29, 0.717) is 12.6 Å². The fourth-order valence-electron chi connectivity index (χ4n) is 4.05. The average Bonchev–Trinajstić information content (AvgIpc) is 2.64. The predicted octanol–water partition coefficient (Wildman–Crippen LogP) is 2.76. The van der Waals surface area contributed by atoms with E-state index in [0.717, 1.165) is 49.7 Å². The fraction of sp³-hybridized carbons (Fsp3) is 0.650. The van der Waals surface area contributed by atoms with Crippen LogP contribution in [0, 0.1) is 5.92 Å². The summed E-state index contributed by atoms with van der Waals surface area (Å²) >= 11 is 0. The summed E-state index contributed by atoms with van der Waals surface area (Å²) in [4.78, 5) is 14.9. The molecule has 2 fully saturated rings. The summed E-state index contributed by atoms with van der Waals surface area (Å²) in [7, 11) is 1.70. The van der Waals surface area contributed by atoms with Crippen LogP contribution in [0.25, 0.3) is 0 Å². The largest absolute Gasteiger partial charge is 0.496 e. The summed E-state index contributed by atoms with van der Waals surface area (Å²) < 4.78 is 5.53. The van der Waals surface area contributed by atoms with Gasteiger partial charge >= 0.3 is 0 Å². The van der Waals surface area contributed by atoms with Crippen LogP contribution in [0.2, 0.25) is 0 Å². The number of hydrogen-bond acceptors (Lipinski definition) is 4. The lowest BCUT2D eigenvalue weighted by Crippen LogP contribution is -2.51. The quantitative estimate of drug-likeness (QED) is 0.823. The molecule has 1 saturated heterocycles. The molecule has 1 aromatic carbocycles. The van der Waals surface area contributed by atoms with Gasteiger partial charge in [-0.1, -0.05) is 25.1 Å². The third kappa shape index (κ3) is 5.35. The van der Waals surface area contributed by atoms with Crippen molar-refractivity contribution in [1.82, 2.24) is 15.5 Å². The van der Waals surface area contributed by atoms with Crippen LogP contribution >= 0.6 is 12.4 Å². The Kier molecular flexibility index (Phi) is 8.19. The lowest BCUT2D eigenvalue weighted by molar-refractivity contribution is -0.124. The van der Waals surface area contributed by atoms with Crippen molar-refractivity contribution in [2.75, 3.05) is 33.3 Å². The highest BCUT2D eigenvalue weighted by atomic mass is 35.5. The van der Waals surface area contributed by atoms with E-state index in [9.17, 15) is 4.79 Å². The first-order valence-corrected chi connectivity index (χ1v) is 9.54. The van der Waals surface area contributed by atoms with Gasteiger partial charge in [-0.3, -0.25) is 9.69 Å². The minimum atomic E-state index is 0. The molecule has 1 amide bonds. The number of para-hydroxylation sites is 1. The molecule has 1 aliphatic heterocycles. The summed E-state index contributed by atoms with van der Waals surface area (Å²) in [5.41, 5.74) is 1.15. The number of carbonyl (C=O) groups is 1. The Hall–Kier alpha value is -1.30. The van der Waals surface area contributed by atoms with E-state index in [-0.39, 0.29) is 24.4 Å². The molecule has 0 bridgehead atoms. The van der Waals surface area contributed by atoms with Crippen LogP contribution < -0.4 is 15.4 Å². The predicted molar refractivity (Wildman–Crippen MR) is 107 cm³/mol. The number of carbonyl (C=O) groups excluding carboxylic acids is 1. The molecule has 2 N–H and O–H groups in total. The van der Waals surface area contributed by atoms with Crippen LogP contribution in [-0.2, 0) is 4.79 Å². The van der Waals surface area contributed by atoms with Crippen molar-refractivity contribution in [3.63, 3.8) is 0 Å². The topological polar surface area (TPSA) is 53.6 Å². The standard InChI is InChI=1S/C20H31N3O2.ClH/c1-15-7-9-16(10-8-15)22-20(24)14-23-12-11-21-13-18(23)17-5-3-4-6-19(17)25-2;/h3-6,15-16,18,21H,7-14H2,1-2H3,(H,22,24);1H. The Morgan fingerprint density at radius 1 is 1.27 bits per heavy atom. The molecule has 1 saturated carbocycles. The van der Waals surface area contributed by atoms with Crippen LogP contribution in [0.15, 0.2) is 24.3 Å². The van der Waals surface area contributed by atoms with Gasteiger partial charge in [-0.15, -0.1) is 12.4 Å². The lowest BCUT2D eigenvalue weighted by atomic mass is 9.87. The fourth-order valence-corrected chi connectivity index (χ4v) is 4.05. The summed E-state index contributed by atoms with van der Waals surface area (Å²) in [6, 6.07) is 8.64. The van der Waals surface area contributed by atoms with Crippen LogP contribution in [0.1, 0.15) is 44.2 Å². The number of benzene rings is 1. The maximum absolute atomic E-state index is 12.6. The van der Waals surface area contributed by atoms with Gasteiger partial charge in [0.15, 0.2) is 0 Å². The number of rotatable bonds is 5. The third-order valence-corrected chi connectivity index (χ3v) is 5.58. The first kappa shape index (κ1) is 21.0. The molecule has 1 aliphatic carbocycles. The highest BCUT2D eigenvalue weighted by molar-refractivity contribution is 5.85. The Morgan fingerprint density at radius 3 is 2.73 bits per heavy atom. The van der Waals surface area contributed by atoms with Gasteiger partial charge in [-0.25, -0.2) is 0 Å². The molecule has 1 aromatic rings. The van der Waals surface area contributed by atoms with Gasteiger partial charge in [0.2, 0.25) is 5.91 Å². The molecule has 26 heavy (non-hydrogen) atoms. The van der Waals surface area contributed by atoms with Gasteiger partial charge in [0.05, 0.1) is 19.7 Å². The number of piperazine rings is 1. The van der Waals surface area contributed by atoms with Crippen LogP contribution in [0.5, 0.6) is 5.75 Å². The molecule has 2 aliphatic rings. The molecule has 1 heterocycles. The number of hydrogen-bond donors (Lipinski definition) is 2. The summed E-state index contributed by atoms with van der Waals surface area (Å²) in [6.45, 7) is 5.39. The normalized spacial score (nSPS) is 26.6. The summed E-state index contributed by atoms with van der Waals surface area (Å²) in [5, 5.41) is 6.70. The second kappa shape index (κ2) is 10.1. The number of halogens is 1. The number of methoxy groups -OCH3 is 1. The average molecular weight is 382 g/mol. The van der Waals surface area contributed by atoms with E-state index in [4.69, 9.17) is 4.74 Å². The lowest BCUT2D eigenvalue weighted by Gasteiger charge is -2.37. The number of amides is 1. The number of nitrogens with zero attached hydrogens (tertiary/aromatic N) is 1. The monoisotopic (exact) mass is 381 g/mol. The van der Waals surface area contributed by atoms with Crippen LogP contribution in [0.4, 0.5) is 0 Å². The molecule has 0 radical (unpaired) electrons. The third-order valence-electron chi connectivity index (χ3n) is 5.58. The highest BCUT2D eigenvalue weighted by Crippen LogP contribution is 2.30. The van der Waals surface area contributed by atoms with E-state index in [1.165, 1.54) is 12.8 Å². The van der Waals surface area contributed by atoms with Crippen molar-refractivity contribution in [1.29, 1.82) is 0 Å². The van der Waals surface area contributed by atoms with E-state index in [1.807, 2.05) is 18.2 Å². The molecule has 1 unspecified atom stereocenters. The van der Waals surface area contributed by atoms with Gasteiger partial charge in [0.1, 0.15) is 5.75 Å². The van der Waals surface area contributed by atoms with Gasteiger partial charge in [-0.2, -0.15) is 0 Å². The maximum atomic E-state index is 12.6. The Morgan fingerprint density at radius 2 is 2.00 bits per heavy atom. The van der Waals surface area contributed by atoms with Gasteiger partial charge in [-0.05, 0) is 37.7 Å². The zero-order chi connectivity index (χ0) is 17.6. The van der Waals surface area contributed by atoms with Crippen molar-refractivity contribution in [2.45, 2.75) is 44.7 Å². The number of ether oxygens (including phenoxy) is 1. The molecular weight excluding hydrogens is 350 g/mol. The summed E-state index contributed by atoms with van der Waals surface area (Å²) in [5.74, 6) is 1.85.